The smallest absolute Gasteiger partial charge is 0.153 e. The molecule has 0 aliphatic carbocycles. The molecule has 6 heteroatoms. The van der Waals surface area contributed by atoms with E-state index >= 15 is 0 Å². The first kappa shape index (κ1) is 13.3. The van der Waals surface area contributed by atoms with Crippen molar-refractivity contribution in [2.45, 2.75) is 26.7 Å². The molecule has 0 aliphatic heterocycles. The van der Waals surface area contributed by atoms with Crippen molar-refractivity contribution >= 4 is 17.5 Å². The standard InChI is InChI=1S/C13H20N6/c1-5-14-11-8-12(17-13(16-11)9(2)3)15-10-6-7-19(4)18-10/h6-9H,5H2,1-4H3,(H2,14,15,16,17,18). The number of nitrogens with zero attached hydrogens (tertiary/aromatic N) is 4. The van der Waals surface area contributed by atoms with E-state index in [-0.39, 0.29) is 5.92 Å². The molecule has 0 saturated heterocycles. The summed E-state index contributed by atoms with van der Waals surface area (Å²) in [5.74, 6) is 3.46. The predicted molar refractivity (Wildman–Crippen MR) is 76.8 cm³/mol. The summed E-state index contributed by atoms with van der Waals surface area (Å²) in [6, 6.07) is 3.80. The summed E-state index contributed by atoms with van der Waals surface area (Å²) in [5.41, 5.74) is 0. The molecule has 0 saturated carbocycles. The van der Waals surface area contributed by atoms with Crippen LogP contribution in [0.25, 0.3) is 0 Å². The Morgan fingerprint density at radius 3 is 2.53 bits per heavy atom. The van der Waals surface area contributed by atoms with Crippen LogP contribution >= 0.6 is 0 Å². The van der Waals surface area contributed by atoms with E-state index in [0.717, 1.165) is 29.8 Å². The van der Waals surface area contributed by atoms with Gasteiger partial charge in [0, 0.05) is 37.8 Å². The zero-order valence-corrected chi connectivity index (χ0v) is 11.8. The van der Waals surface area contributed by atoms with E-state index in [4.69, 9.17) is 0 Å². The normalized spacial score (nSPS) is 10.8. The molecular weight excluding hydrogens is 240 g/mol. The van der Waals surface area contributed by atoms with E-state index in [2.05, 4.69) is 39.5 Å². The highest BCUT2D eigenvalue weighted by Crippen LogP contribution is 2.19. The summed E-state index contributed by atoms with van der Waals surface area (Å²) in [4.78, 5) is 8.99. The Kier molecular flexibility index (Phi) is 3.99. The van der Waals surface area contributed by atoms with Crippen molar-refractivity contribution in [1.82, 2.24) is 19.7 Å². The Labute approximate surface area is 113 Å². The average Bonchev–Trinajstić information content (AvgIpc) is 2.75. The van der Waals surface area contributed by atoms with Crippen molar-refractivity contribution in [1.29, 1.82) is 0 Å². The lowest BCUT2D eigenvalue weighted by molar-refractivity contribution is 0.767. The number of aromatic nitrogens is 4. The molecule has 0 amide bonds. The third kappa shape index (κ3) is 3.43. The summed E-state index contributed by atoms with van der Waals surface area (Å²) in [6.07, 6.45) is 1.89. The van der Waals surface area contributed by atoms with Gasteiger partial charge >= 0.3 is 0 Å². The Morgan fingerprint density at radius 1 is 1.21 bits per heavy atom. The van der Waals surface area contributed by atoms with Gasteiger partial charge in [-0.05, 0) is 6.92 Å². The van der Waals surface area contributed by atoms with Gasteiger partial charge < -0.3 is 10.6 Å². The van der Waals surface area contributed by atoms with Gasteiger partial charge in [0.2, 0.25) is 0 Å². The van der Waals surface area contributed by atoms with Crippen LogP contribution < -0.4 is 10.6 Å². The van der Waals surface area contributed by atoms with E-state index in [1.54, 1.807) is 4.68 Å². The number of hydrogen-bond acceptors (Lipinski definition) is 5. The molecule has 0 aliphatic rings. The molecule has 2 rings (SSSR count). The Balaban J connectivity index is 2.27. The van der Waals surface area contributed by atoms with Crippen LogP contribution in [-0.2, 0) is 7.05 Å². The van der Waals surface area contributed by atoms with Crippen LogP contribution in [0.1, 0.15) is 32.5 Å². The Hall–Kier alpha value is -2.11. The number of aryl methyl sites for hydroxylation is 1. The van der Waals surface area contributed by atoms with E-state index in [1.807, 2.05) is 32.3 Å². The summed E-state index contributed by atoms with van der Waals surface area (Å²) in [5, 5.41) is 10.7. The zero-order chi connectivity index (χ0) is 13.8. The minimum atomic E-state index is 0.280. The molecule has 0 spiro atoms. The van der Waals surface area contributed by atoms with Gasteiger partial charge in [0.1, 0.15) is 17.5 Å². The zero-order valence-electron chi connectivity index (χ0n) is 11.8. The average molecular weight is 260 g/mol. The highest BCUT2D eigenvalue weighted by Gasteiger charge is 2.08. The van der Waals surface area contributed by atoms with Crippen LogP contribution in [0.3, 0.4) is 0 Å². The lowest BCUT2D eigenvalue weighted by Crippen LogP contribution is -2.07. The Bertz CT molecular complexity index is 546. The van der Waals surface area contributed by atoms with Gasteiger partial charge in [0.25, 0.3) is 0 Å². The van der Waals surface area contributed by atoms with Crippen molar-refractivity contribution < 1.29 is 0 Å². The van der Waals surface area contributed by atoms with Crippen LogP contribution in [-0.4, -0.2) is 26.3 Å². The summed E-state index contributed by atoms with van der Waals surface area (Å²) in [7, 11) is 1.88. The fraction of sp³-hybridized carbons (Fsp3) is 0.462. The van der Waals surface area contributed by atoms with Gasteiger partial charge in [-0.2, -0.15) is 5.10 Å². The maximum absolute atomic E-state index is 4.51. The molecule has 0 unspecified atom stereocenters. The van der Waals surface area contributed by atoms with Gasteiger partial charge in [-0.3, -0.25) is 4.68 Å². The minimum Gasteiger partial charge on any atom is -0.370 e. The first-order chi connectivity index (χ1) is 9.08. The van der Waals surface area contributed by atoms with Gasteiger partial charge in [-0.1, -0.05) is 13.8 Å². The molecule has 0 radical (unpaired) electrons. The fourth-order valence-electron chi connectivity index (χ4n) is 1.67. The molecule has 2 heterocycles. The van der Waals surface area contributed by atoms with Crippen LogP contribution in [0, 0.1) is 0 Å². The monoisotopic (exact) mass is 260 g/mol. The molecule has 0 atom stereocenters. The lowest BCUT2D eigenvalue weighted by Gasteiger charge is -2.11. The number of rotatable bonds is 5. The number of nitrogens with one attached hydrogen (secondary N) is 2. The first-order valence-corrected chi connectivity index (χ1v) is 6.48. The van der Waals surface area contributed by atoms with E-state index in [1.165, 1.54) is 0 Å². The molecular formula is C13H20N6. The largest absolute Gasteiger partial charge is 0.370 e. The molecule has 2 aromatic rings. The Morgan fingerprint density at radius 2 is 1.95 bits per heavy atom. The van der Waals surface area contributed by atoms with Crippen molar-refractivity contribution in [3.63, 3.8) is 0 Å². The maximum atomic E-state index is 4.51. The molecule has 0 fully saturated rings. The second-order valence-electron chi connectivity index (χ2n) is 4.68. The molecule has 19 heavy (non-hydrogen) atoms. The third-order valence-corrected chi connectivity index (χ3v) is 2.59. The topological polar surface area (TPSA) is 67.7 Å². The quantitative estimate of drug-likeness (QED) is 0.864. The predicted octanol–water partition coefficient (Wildman–Crippen LogP) is 2.51. The molecule has 2 N–H and O–H groups in total. The summed E-state index contributed by atoms with van der Waals surface area (Å²) in [6.45, 7) is 7.03. The molecule has 0 aromatic carbocycles. The highest BCUT2D eigenvalue weighted by atomic mass is 15.3. The van der Waals surface area contributed by atoms with Gasteiger partial charge in [0.05, 0.1) is 0 Å². The van der Waals surface area contributed by atoms with Crippen LogP contribution in [0.2, 0.25) is 0 Å². The van der Waals surface area contributed by atoms with Crippen molar-refractivity contribution in [3.05, 3.63) is 24.2 Å². The number of anilines is 3. The van der Waals surface area contributed by atoms with Crippen molar-refractivity contribution in [3.8, 4) is 0 Å². The fourth-order valence-corrected chi connectivity index (χ4v) is 1.67. The van der Waals surface area contributed by atoms with Crippen LogP contribution in [0.5, 0.6) is 0 Å². The second kappa shape index (κ2) is 5.69. The SMILES string of the molecule is CCNc1cc(Nc2ccn(C)n2)nc(C(C)C)n1. The molecule has 2 aromatic heterocycles. The van der Waals surface area contributed by atoms with E-state index in [9.17, 15) is 0 Å². The molecule has 102 valence electrons. The van der Waals surface area contributed by atoms with Crippen molar-refractivity contribution in [2.24, 2.45) is 7.05 Å². The molecule has 0 bridgehead atoms. The second-order valence-corrected chi connectivity index (χ2v) is 4.68. The molecule has 6 nitrogen and oxygen atoms in total. The lowest BCUT2D eigenvalue weighted by atomic mass is 10.2. The third-order valence-electron chi connectivity index (χ3n) is 2.59. The van der Waals surface area contributed by atoms with Crippen LogP contribution in [0.15, 0.2) is 18.3 Å². The van der Waals surface area contributed by atoms with Gasteiger partial charge in [-0.15, -0.1) is 0 Å². The van der Waals surface area contributed by atoms with Crippen LogP contribution in [0.4, 0.5) is 17.5 Å². The van der Waals surface area contributed by atoms with E-state index in [0.29, 0.717) is 0 Å². The van der Waals surface area contributed by atoms with Crippen molar-refractivity contribution in [2.75, 3.05) is 17.2 Å². The number of hydrogen-bond donors (Lipinski definition) is 2. The highest BCUT2D eigenvalue weighted by molar-refractivity contribution is 5.55. The first-order valence-electron chi connectivity index (χ1n) is 6.48. The summed E-state index contributed by atoms with van der Waals surface area (Å²) < 4.78 is 1.75. The van der Waals surface area contributed by atoms with Gasteiger partial charge in [-0.25, -0.2) is 9.97 Å². The maximum Gasteiger partial charge on any atom is 0.153 e. The van der Waals surface area contributed by atoms with Gasteiger partial charge in [0.15, 0.2) is 5.82 Å². The van der Waals surface area contributed by atoms with E-state index < -0.39 is 0 Å². The minimum absolute atomic E-state index is 0.280. The summed E-state index contributed by atoms with van der Waals surface area (Å²) >= 11 is 0.